The lowest BCUT2D eigenvalue weighted by Crippen LogP contribution is -2.64. The third-order valence-corrected chi connectivity index (χ3v) is 4.20. The van der Waals surface area contributed by atoms with Crippen molar-refractivity contribution in [3.05, 3.63) is 0 Å². The Morgan fingerprint density at radius 1 is 1.22 bits per heavy atom. The van der Waals surface area contributed by atoms with Crippen molar-refractivity contribution in [2.24, 2.45) is 0 Å². The molecule has 3 rings (SSSR count). The van der Waals surface area contributed by atoms with Crippen LogP contribution in [0.5, 0.6) is 0 Å². The zero-order chi connectivity index (χ0) is 12.8. The Morgan fingerprint density at radius 2 is 1.89 bits per heavy atom. The third-order valence-electron chi connectivity index (χ3n) is 4.20. The highest BCUT2D eigenvalue weighted by molar-refractivity contribution is 5.63. The Labute approximate surface area is 105 Å². The van der Waals surface area contributed by atoms with Gasteiger partial charge in [-0.1, -0.05) is 19.3 Å². The van der Waals surface area contributed by atoms with Gasteiger partial charge in [-0.05, 0) is 12.8 Å². The van der Waals surface area contributed by atoms with Gasteiger partial charge in [-0.15, -0.1) is 0 Å². The van der Waals surface area contributed by atoms with Crippen molar-refractivity contribution in [3.8, 4) is 0 Å². The van der Waals surface area contributed by atoms with Crippen LogP contribution in [0.3, 0.4) is 0 Å². The predicted molar refractivity (Wildman–Crippen MR) is 58.8 cm³/mol. The van der Waals surface area contributed by atoms with Crippen molar-refractivity contribution >= 4 is 6.16 Å². The molecule has 18 heavy (non-hydrogen) atoms. The second-order valence-corrected chi connectivity index (χ2v) is 5.21. The van der Waals surface area contributed by atoms with Gasteiger partial charge >= 0.3 is 6.16 Å². The van der Waals surface area contributed by atoms with Crippen molar-refractivity contribution in [2.45, 2.75) is 62.3 Å². The molecule has 2 heterocycles. The number of rotatable bonds is 1. The monoisotopic (exact) mass is 258 g/mol. The lowest BCUT2D eigenvalue weighted by molar-refractivity contribution is -0.310. The van der Waals surface area contributed by atoms with E-state index < -0.39 is 30.3 Å². The molecule has 1 spiro atoms. The number of hydrogen-bond acceptors (Lipinski definition) is 6. The number of hydrogen-bond donors (Lipinski definition) is 1. The summed E-state index contributed by atoms with van der Waals surface area (Å²) < 4.78 is 21.3. The van der Waals surface area contributed by atoms with Crippen LogP contribution >= 0.6 is 0 Å². The number of methoxy groups -OCH3 is 1. The van der Waals surface area contributed by atoms with Crippen molar-refractivity contribution in [3.63, 3.8) is 0 Å². The van der Waals surface area contributed by atoms with Gasteiger partial charge in [-0.2, -0.15) is 0 Å². The molecule has 3 aliphatic rings. The lowest BCUT2D eigenvalue weighted by Gasteiger charge is -2.49. The van der Waals surface area contributed by atoms with Crippen LogP contribution < -0.4 is 0 Å². The minimum absolute atomic E-state index is 0.377. The summed E-state index contributed by atoms with van der Waals surface area (Å²) in [5, 5.41) is 9.99. The molecule has 2 aliphatic heterocycles. The summed E-state index contributed by atoms with van der Waals surface area (Å²) in [6.07, 6.45) is 1.19. The van der Waals surface area contributed by atoms with Gasteiger partial charge in [0, 0.05) is 7.11 Å². The molecule has 1 N–H and O–H groups in total. The second-order valence-electron chi connectivity index (χ2n) is 5.21. The van der Waals surface area contributed by atoms with Crippen LogP contribution in [0.25, 0.3) is 0 Å². The normalized spacial score (nSPS) is 42.2. The first-order chi connectivity index (χ1) is 8.66. The van der Waals surface area contributed by atoms with E-state index in [0.29, 0.717) is 0 Å². The highest BCUT2D eigenvalue weighted by Crippen LogP contribution is 2.44. The zero-order valence-corrected chi connectivity index (χ0v) is 10.3. The standard InChI is InChI=1S/C12H18O6/c1-15-9-7-8(17-11(14)16-7)10(13)18-12(9)5-3-2-4-6-12/h7-10,13H,2-6H2,1H3/t7-,8+,9+,10?/m0/s1. The van der Waals surface area contributed by atoms with E-state index >= 15 is 0 Å². The first-order valence-electron chi connectivity index (χ1n) is 6.42. The molecule has 1 aliphatic carbocycles. The molecule has 6 nitrogen and oxygen atoms in total. The average Bonchev–Trinajstić information content (AvgIpc) is 2.73. The van der Waals surface area contributed by atoms with Crippen LogP contribution in [0.15, 0.2) is 0 Å². The fourth-order valence-corrected chi connectivity index (χ4v) is 3.41. The smallest absolute Gasteiger partial charge is 0.424 e. The molecule has 4 atom stereocenters. The summed E-state index contributed by atoms with van der Waals surface area (Å²) in [5.41, 5.74) is -0.554. The van der Waals surface area contributed by atoms with Crippen LogP contribution in [-0.4, -0.2) is 48.6 Å². The fourth-order valence-electron chi connectivity index (χ4n) is 3.41. The predicted octanol–water partition coefficient (Wildman–Crippen LogP) is 0.957. The SMILES string of the molecule is CO[C@@H]1[C@H]2OC(=O)O[C@H]2C(O)OC12CCCCC2. The number of fused-ring (bicyclic) bond motifs is 1. The van der Waals surface area contributed by atoms with E-state index in [4.69, 9.17) is 18.9 Å². The minimum atomic E-state index is -1.13. The quantitative estimate of drug-likeness (QED) is 0.706. The summed E-state index contributed by atoms with van der Waals surface area (Å²) in [6, 6.07) is 0. The summed E-state index contributed by atoms with van der Waals surface area (Å²) in [5.74, 6) is 0. The number of carbonyl (C=O) groups excluding carboxylic acids is 1. The Hall–Kier alpha value is -0.850. The van der Waals surface area contributed by atoms with Gasteiger partial charge < -0.3 is 24.1 Å². The lowest BCUT2D eigenvalue weighted by atomic mass is 9.76. The van der Waals surface area contributed by atoms with Gasteiger partial charge in [-0.3, -0.25) is 0 Å². The molecule has 3 fully saturated rings. The summed E-state index contributed by atoms with van der Waals surface area (Å²) in [6.45, 7) is 0. The number of ether oxygens (including phenoxy) is 4. The zero-order valence-electron chi connectivity index (χ0n) is 10.3. The molecule has 2 saturated heterocycles. The Balaban J connectivity index is 1.89. The van der Waals surface area contributed by atoms with E-state index in [0.717, 1.165) is 32.1 Å². The van der Waals surface area contributed by atoms with Crippen LogP contribution in [-0.2, 0) is 18.9 Å². The molecular weight excluding hydrogens is 240 g/mol. The highest BCUT2D eigenvalue weighted by Gasteiger charge is 2.60. The molecule has 1 saturated carbocycles. The molecule has 0 aromatic carbocycles. The Morgan fingerprint density at radius 3 is 2.56 bits per heavy atom. The molecule has 0 aromatic rings. The third kappa shape index (κ3) is 1.71. The van der Waals surface area contributed by atoms with Gasteiger partial charge in [0.1, 0.15) is 11.7 Å². The van der Waals surface area contributed by atoms with E-state index in [2.05, 4.69) is 0 Å². The summed E-state index contributed by atoms with van der Waals surface area (Å²) in [7, 11) is 1.57. The maximum absolute atomic E-state index is 11.2. The van der Waals surface area contributed by atoms with E-state index in [1.807, 2.05) is 0 Å². The molecule has 102 valence electrons. The largest absolute Gasteiger partial charge is 0.509 e. The topological polar surface area (TPSA) is 74.2 Å². The Kier molecular flexibility index (Phi) is 2.96. The van der Waals surface area contributed by atoms with Crippen LogP contribution in [0.2, 0.25) is 0 Å². The highest BCUT2D eigenvalue weighted by atomic mass is 16.8. The molecular formula is C12H18O6. The fraction of sp³-hybridized carbons (Fsp3) is 0.917. The number of aliphatic hydroxyl groups excluding tert-OH is 1. The van der Waals surface area contributed by atoms with Gasteiger partial charge in [0.25, 0.3) is 0 Å². The Bertz CT molecular complexity index is 337. The van der Waals surface area contributed by atoms with E-state index in [9.17, 15) is 9.90 Å². The second kappa shape index (κ2) is 4.36. The molecule has 0 bridgehead atoms. The maximum atomic E-state index is 11.2. The van der Waals surface area contributed by atoms with Gasteiger partial charge in [0.2, 0.25) is 0 Å². The van der Waals surface area contributed by atoms with Gasteiger partial charge in [0.15, 0.2) is 18.5 Å². The van der Waals surface area contributed by atoms with Crippen LogP contribution in [0.4, 0.5) is 4.79 Å². The molecule has 0 aromatic heterocycles. The molecule has 0 radical (unpaired) electrons. The van der Waals surface area contributed by atoms with Crippen LogP contribution in [0, 0.1) is 0 Å². The molecule has 0 amide bonds. The van der Waals surface area contributed by atoms with Crippen molar-refractivity contribution in [2.75, 3.05) is 7.11 Å². The first kappa shape index (κ1) is 12.2. The van der Waals surface area contributed by atoms with Crippen molar-refractivity contribution in [1.82, 2.24) is 0 Å². The van der Waals surface area contributed by atoms with Gasteiger partial charge in [-0.25, -0.2) is 4.79 Å². The number of carbonyl (C=O) groups is 1. The summed E-state index contributed by atoms with van der Waals surface area (Å²) >= 11 is 0. The number of aliphatic hydroxyl groups is 1. The molecule has 1 unspecified atom stereocenters. The van der Waals surface area contributed by atoms with E-state index in [1.165, 1.54) is 0 Å². The van der Waals surface area contributed by atoms with Crippen molar-refractivity contribution < 1.29 is 28.8 Å². The minimum Gasteiger partial charge on any atom is -0.424 e. The molecule has 6 heteroatoms. The maximum Gasteiger partial charge on any atom is 0.509 e. The van der Waals surface area contributed by atoms with Crippen molar-refractivity contribution in [1.29, 1.82) is 0 Å². The summed E-state index contributed by atoms with van der Waals surface area (Å²) in [4.78, 5) is 11.2. The first-order valence-corrected chi connectivity index (χ1v) is 6.42. The van der Waals surface area contributed by atoms with Gasteiger partial charge in [0.05, 0.1) is 0 Å². The van der Waals surface area contributed by atoms with E-state index in [1.54, 1.807) is 7.11 Å². The van der Waals surface area contributed by atoms with Crippen LogP contribution in [0.1, 0.15) is 32.1 Å². The van der Waals surface area contributed by atoms with E-state index in [-0.39, 0.29) is 6.10 Å². The average molecular weight is 258 g/mol.